The Kier molecular flexibility index (Phi) is 7.16. The van der Waals surface area contributed by atoms with Crippen LogP contribution in [0, 0.1) is 0 Å². The number of aliphatic hydroxyl groups excluding tert-OH is 1. The van der Waals surface area contributed by atoms with Gasteiger partial charge in [0.05, 0.1) is 11.2 Å². The van der Waals surface area contributed by atoms with Crippen LogP contribution in [0.15, 0.2) is 54.7 Å². The van der Waals surface area contributed by atoms with Crippen molar-refractivity contribution in [2.24, 2.45) is 12.8 Å². The molecule has 37 heavy (non-hydrogen) atoms. The van der Waals surface area contributed by atoms with Crippen molar-refractivity contribution in [1.82, 2.24) is 19.7 Å². The van der Waals surface area contributed by atoms with Crippen molar-refractivity contribution in [1.29, 1.82) is 0 Å². The number of aryl methyl sites for hydroxylation is 2. The highest BCUT2D eigenvalue weighted by atomic mass is 16.3. The van der Waals surface area contributed by atoms with Gasteiger partial charge in [-0.05, 0) is 55.4 Å². The topological polar surface area (TPSA) is 131 Å². The minimum atomic E-state index is -1.27. The Morgan fingerprint density at radius 3 is 2.65 bits per heavy atom. The normalized spacial score (nSPS) is 18.5. The third kappa shape index (κ3) is 5.47. The average Bonchev–Trinajstić information content (AvgIpc) is 3.29. The summed E-state index contributed by atoms with van der Waals surface area (Å²) in [6, 6.07) is 15.4. The number of nitrogens with two attached hydrogens (primary N) is 1. The van der Waals surface area contributed by atoms with Crippen molar-refractivity contribution < 1.29 is 9.90 Å². The number of fused-ring (bicyclic) bond motifs is 1. The molecule has 1 aliphatic carbocycles. The number of hydrogen-bond donors (Lipinski definition) is 4. The maximum atomic E-state index is 12.6. The van der Waals surface area contributed by atoms with E-state index in [4.69, 9.17) is 10.7 Å². The molecule has 0 aliphatic heterocycles. The Morgan fingerprint density at radius 1 is 1.16 bits per heavy atom. The lowest BCUT2D eigenvalue weighted by Crippen LogP contribution is -2.33. The van der Waals surface area contributed by atoms with Gasteiger partial charge < -0.3 is 21.5 Å². The fraction of sp³-hybridized carbons (Fsp3) is 0.357. The van der Waals surface area contributed by atoms with E-state index in [9.17, 15) is 9.90 Å². The number of amides is 1. The molecule has 2 heterocycles. The van der Waals surface area contributed by atoms with Crippen molar-refractivity contribution in [3.63, 3.8) is 0 Å². The first-order valence-electron chi connectivity index (χ1n) is 12.8. The van der Waals surface area contributed by atoms with Gasteiger partial charge in [0.2, 0.25) is 5.95 Å². The van der Waals surface area contributed by atoms with Gasteiger partial charge in [-0.25, -0.2) is 9.97 Å². The van der Waals surface area contributed by atoms with E-state index in [1.807, 2.05) is 25.4 Å². The predicted molar refractivity (Wildman–Crippen MR) is 145 cm³/mol. The lowest BCUT2D eigenvalue weighted by molar-refractivity contribution is -0.124. The van der Waals surface area contributed by atoms with Gasteiger partial charge in [0, 0.05) is 42.3 Å². The predicted octanol–water partition coefficient (Wildman–Crippen LogP) is 3.95. The van der Waals surface area contributed by atoms with Crippen LogP contribution in [0.1, 0.15) is 49.8 Å². The molecule has 0 saturated heterocycles. The first-order valence-corrected chi connectivity index (χ1v) is 12.8. The molecule has 9 nitrogen and oxygen atoms in total. The van der Waals surface area contributed by atoms with Gasteiger partial charge in [-0.2, -0.15) is 5.10 Å². The molecule has 0 spiro atoms. The summed E-state index contributed by atoms with van der Waals surface area (Å²) in [7, 11) is 1.83. The summed E-state index contributed by atoms with van der Waals surface area (Å²) < 4.78 is 1.72. The third-order valence-electron chi connectivity index (χ3n) is 7.04. The van der Waals surface area contributed by atoms with Crippen LogP contribution in [-0.4, -0.2) is 42.8 Å². The summed E-state index contributed by atoms with van der Waals surface area (Å²) in [6.45, 7) is 2.11. The molecule has 9 heteroatoms. The summed E-state index contributed by atoms with van der Waals surface area (Å²) in [5, 5.41) is 22.0. The molecule has 5 N–H and O–H groups in total. The minimum Gasteiger partial charge on any atom is -0.378 e. The van der Waals surface area contributed by atoms with Crippen molar-refractivity contribution in [3.8, 4) is 11.3 Å². The number of nitrogens with one attached hydrogen (secondary N) is 2. The summed E-state index contributed by atoms with van der Waals surface area (Å²) in [4.78, 5) is 22.0. The summed E-state index contributed by atoms with van der Waals surface area (Å²) in [6.07, 6.45) is 5.50. The average molecular weight is 500 g/mol. The van der Waals surface area contributed by atoms with E-state index in [-0.39, 0.29) is 0 Å². The molecule has 2 aromatic carbocycles. The lowest BCUT2D eigenvalue weighted by atomic mass is 9.92. The second-order valence-corrected chi connectivity index (χ2v) is 9.72. The quantitative estimate of drug-likeness (QED) is 0.303. The second-order valence-electron chi connectivity index (χ2n) is 9.72. The highest BCUT2D eigenvalue weighted by molar-refractivity contribution is 5.94. The van der Waals surface area contributed by atoms with Gasteiger partial charge in [-0.15, -0.1) is 0 Å². The Bertz CT molecular complexity index is 1390. The number of hydrogen-bond acceptors (Lipinski definition) is 7. The van der Waals surface area contributed by atoms with Crippen LogP contribution in [0.4, 0.5) is 11.8 Å². The van der Waals surface area contributed by atoms with Crippen LogP contribution in [0.3, 0.4) is 0 Å². The molecule has 2 aromatic heterocycles. The number of aliphatic hydroxyl groups is 1. The molecule has 5 rings (SSSR count). The molecular formula is C28H33N7O2. The van der Waals surface area contributed by atoms with E-state index in [0.717, 1.165) is 59.8 Å². The summed E-state index contributed by atoms with van der Waals surface area (Å²) in [5.41, 5.74) is 10.4. The van der Waals surface area contributed by atoms with E-state index in [0.29, 0.717) is 29.4 Å². The maximum Gasteiger partial charge on any atom is 0.259 e. The van der Waals surface area contributed by atoms with Gasteiger partial charge in [0.1, 0.15) is 0 Å². The maximum absolute atomic E-state index is 12.6. The molecule has 1 unspecified atom stereocenters. The highest BCUT2D eigenvalue weighted by Crippen LogP contribution is 2.30. The number of anilines is 2. The summed E-state index contributed by atoms with van der Waals surface area (Å²) >= 11 is 0. The van der Waals surface area contributed by atoms with Gasteiger partial charge >= 0.3 is 0 Å². The molecule has 1 saturated carbocycles. The van der Waals surface area contributed by atoms with Crippen LogP contribution >= 0.6 is 0 Å². The number of aromatic nitrogens is 4. The number of benzene rings is 2. The van der Waals surface area contributed by atoms with Crippen LogP contribution in [0.25, 0.3) is 22.2 Å². The zero-order valence-corrected chi connectivity index (χ0v) is 21.2. The zero-order chi connectivity index (χ0) is 25.9. The van der Waals surface area contributed by atoms with Gasteiger partial charge in [-0.1, -0.05) is 37.3 Å². The molecule has 0 bridgehead atoms. The largest absolute Gasteiger partial charge is 0.378 e. The Hall–Kier alpha value is -3.82. The third-order valence-corrected chi connectivity index (χ3v) is 7.04. The zero-order valence-electron chi connectivity index (χ0n) is 21.2. The molecule has 1 amide bonds. The first-order chi connectivity index (χ1) is 17.9. The Morgan fingerprint density at radius 2 is 1.92 bits per heavy atom. The molecule has 4 aromatic rings. The Balaban J connectivity index is 1.37. The molecular weight excluding hydrogens is 466 g/mol. The Labute approximate surface area is 216 Å². The van der Waals surface area contributed by atoms with E-state index >= 15 is 0 Å². The van der Waals surface area contributed by atoms with Gasteiger partial charge in [-0.3, -0.25) is 9.48 Å². The fourth-order valence-corrected chi connectivity index (χ4v) is 4.93. The smallest absolute Gasteiger partial charge is 0.259 e. The molecule has 1 fully saturated rings. The van der Waals surface area contributed by atoms with Crippen LogP contribution in [0.2, 0.25) is 0 Å². The van der Waals surface area contributed by atoms with Crippen molar-refractivity contribution in [2.75, 3.05) is 10.6 Å². The van der Waals surface area contributed by atoms with Gasteiger partial charge in [0.15, 0.2) is 11.9 Å². The second kappa shape index (κ2) is 10.7. The van der Waals surface area contributed by atoms with Crippen LogP contribution in [-0.2, 0) is 18.3 Å². The minimum absolute atomic E-state index is 0.301. The van der Waals surface area contributed by atoms with Crippen molar-refractivity contribution >= 4 is 28.6 Å². The number of nitrogens with zero attached hydrogens (tertiary/aromatic N) is 4. The molecule has 192 valence electrons. The molecule has 1 aliphatic rings. The number of carbonyl (C=O) groups is 1. The molecule has 0 radical (unpaired) electrons. The van der Waals surface area contributed by atoms with E-state index < -0.39 is 12.0 Å². The van der Waals surface area contributed by atoms with E-state index in [2.05, 4.69) is 33.7 Å². The fourth-order valence-electron chi connectivity index (χ4n) is 4.93. The van der Waals surface area contributed by atoms with E-state index in [1.54, 1.807) is 35.0 Å². The van der Waals surface area contributed by atoms with Crippen molar-refractivity contribution in [3.05, 3.63) is 65.9 Å². The monoisotopic (exact) mass is 499 g/mol. The van der Waals surface area contributed by atoms with E-state index in [1.165, 1.54) is 0 Å². The lowest BCUT2D eigenvalue weighted by Gasteiger charge is -2.26. The number of carbonyl (C=O) groups excluding carboxylic acids is 1. The van der Waals surface area contributed by atoms with Crippen LogP contribution < -0.4 is 16.4 Å². The summed E-state index contributed by atoms with van der Waals surface area (Å²) in [5.74, 6) is 0.494. The van der Waals surface area contributed by atoms with Crippen LogP contribution in [0.5, 0.6) is 0 Å². The first kappa shape index (κ1) is 24.9. The standard InChI is InChI=1S/C28H33N7O2/c1-3-17-13-19(14-20-16-30-28(33-25(17)20)31-22-11-9-21(29)10-12-22)23-15-24(34-35(23)2)32-27(37)26(36)18-7-5-4-6-8-18/h4-8,13-16,21-22,26,36H,3,9-12,29H2,1-2H3,(H,30,31,33)(H,32,34,37). The molecule has 1 atom stereocenters. The highest BCUT2D eigenvalue weighted by Gasteiger charge is 2.21. The van der Waals surface area contributed by atoms with Crippen molar-refractivity contribution in [2.45, 2.75) is 57.2 Å². The SMILES string of the molecule is CCc1cc(-c2cc(NC(=O)C(O)c3ccccc3)nn2C)cc2cnc(NC3CCC(N)CC3)nc12. The number of rotatable bonds is 7. The van der Waals surface area contributed by atoms with Gasteiger partial charge in [0.25, 0.3) is 5.91 Å².